The standard InChI is InChI=1S/C24H25N3O4/c1-4-5-14-31-24(29)18-6-10-19(11-7-18)27-23(28)21-15-25-22(26-16(21)2)17-8-12-20(30-3)13-9-17/h6-13,15H,4-5,14H2,1-3H3,(H,27,28). The van der Waals surface area contributed by atoms with Gasteiger partial charge in [-0.05, 0) is 61.9 Å². The van der Waals surface area contributed by atoms with E-state index in [0.717, 1.165) is 24.2 Å². The molecule has 0 fully saturated rings. The van der Waals surface area contributed by atoms with Crippen molar-refractivity contribution in [3.63, 3.8) is 0 Å². The monoisotopic (exact) mass is 419 g/mol. The molecule has 3 aromatic rings. The Kier molecular flexibility index (Phi) is 7.32. The lowest BCUT2D eigenvalue weighted by Gasteiger charge is -2.09. The second kappa shape index (κ2) is 10.3. The number of aromatic nitrogens is 2. The fourth-order valence-corrected chi connectivity index (χ4v) is 2.85. The molecule has 3 rings (SSSR count). The Labute approximate surface area is 181 Å². The van der Waals surface area contributed by atoms with Crippen LogP contribution in [0.15, 0.2) is 54.7 Å². The lowest BCUT2D eigenvalue weighted by molar-refractivity contribution is 0.0499. The molecule has 0 aliphatic rings. The van der Waals surface area contributed by atoms with Crippen molar-refractivity contribution < 1.29 is 19.1 Å². The summed E-state index contributed by atoms with van der Waals surface area (Å²) in [6.45, 7) is 4.20. The van der Waals surface area contributed by atoms with Crippen LogP contribution in [-0.2, 0) is 4.74 Å². The maximum atomic E-state index is 12.7. The summed E-state index contributed by atoms with van der Waals surface area (Å²) >= 11 is 0. The minimum Gasteiger partial charge on any atom is -0.497 e. The summed E-state index contributed by atoms with van der Waals surface area (Å²) in [7, 11) is 1.61. The Morgan fingerprint density at radius 1 is 1.03 bits per heavy atom. The van der Waals surface area contributed by atoms with Gasteiger partial charge in [0, 0.05) is 17.4 Å². The summed E-state index contributed by atoms with van der Waals surface area (Å²) in [5.41, 5.74) is 2.78. The average Bonchev–Trinajstić information content (AvgIpc) is 2.79. The Morgan fingerprint density at radius 3 is 2.35 bits per heavy atom. The minimum atomic E-state index is -0.371. The van der Waals surface area contributed by atoms with E-state index in [-0.39, 0.29) is 11.9 Å². The number of unbranched alkanes of at least 4 members (excludes halogenated alkanes) is 1. The molecule has 0 aliphatic carbocycles. The van der Waals surface area contributed by atoms with Crippen LogP contribution >= 0.6 is 0 Å². The first kappa shape index (κ1) is 22.0. The Balaban J connectivity index is 1.66. The molecule has 7 heteroatoms. The van der Waals surface area contributed by atoms with Gasteiger partial charge in [0.2, 0.25) is 0 Å². The fraction of sp³-hybridized carbons (Fsp3) is 0.250. The average molecular weight is 419 g/mol. The molecule has 0 spiro atoms. The fourth-order valence-electron chi connectivity index (χ4n) is 2.85. The second-order valence-electron chi connectivity index (χ2n) is 6.94. The van der Waals surface area contributed by atoms with E-state index in [1.807, 2.05) is 31.2 Å². The smallest absolute Gasteiger partial charge is 0.338 e. The molecule has 0 atom stereocenters. The number of ether oxygens (including phenoxy) is 2. The van der Waals surface area contributed by atoms with E-state index in [0.29, 0.717) is 34.9 Å². The number of carbonyl (C=O) groups is 2. The van der Waals surface area contributed by atoms with E-state index in [1.165, 1.54) is 6.20 Å². The molecular weight excluding hydrogens is 394 g/mol. The quantitative estimate of drug-likeness (QED) is 0.421. The van der Waals surface area contributed by atoms with E-state index in [1.54, 1.807) is 38.3 Å². The summed E-state index contributed by atoms with van der Waals surface area (Å²) < 4.78 is 10.3. The van der Waals surface area contributed by atoms with Crippen molar-refractivity contribution in [1.82, 2.24) is 9.97 Å². The molecule has 1 N–H and O–H groups in total. The number of hydrogen-bond acceptors (Lipinski definition) is 6. The Bertz CT molecular complexity index is 1050. The van der Waals surface area contributed by atoms with Crippen LogP contribution in [-0.4, -0.2) is 35.6 Å². The highest BCUT2D eigenvalue weighted by molar-refractivity contribution is 6.05. The van der Waals surface area contributed by atoms with Crippen molar-refractivity contribution in [2.45, 2.75) is 26.7 Å². The normalized spacial score (nSPS) is 10.4. The van der Waals surface area contributed by atoms with Crippen LogP contribution in [0.2, 0.25) is 0 Å². The van der Waals surface area contributed by atoms with Crippen molar-refractivity contribution in [2.75, 3.05) is 19.0 Å². The van der Waals surface area contributed by atoms with Gasteiger partial charge in [-0.2, -0.15) is 0 Å². The van der Waals surface area contributed by atoms with Gasteiger partial charge >= 0.3 is 5.97 Å². The number of aryl methyl sites for hydroxylation is 1. The molecule has 1 heterocycles. The first-order valence-electron chi connectivity index (χ1n) is 10.1. The number of methoxy groups -OCH3 is 1. The van der Waals surface area contributed by atoms with Gasteiger partial charge in [-0.3, -0.25) is 4.79 Å². The first-order valence-corrected chi connectivity index (χ1v) is 10.1. The van der Waals surface area contributed by atoms with Crippen LogP contribution in [0.3, 0.4) is 0 Å². The zero-order chi connectivity index (χ0) is 22.2. The van der Waals surface area contributed by atoms with Crippen molar-refractivity contribution in [3.05, 3.63) is 71.5 Å². The number of nitrogens with zero attached hydrogens (tertiary/aromatic N) is 2. The highest BCUT2D eigenvalue weighted by Gasteiger charge is 2.14. The van der Waals surface area contributed by atoms with Gasteiger partial charge in [0.05, 0.1) is 30.5 Å². The van der Waals surface area contributed by atoms with E-state index >= 15 is 0 Å². The van der Waals surface area contributed by atoms with Crippen LogP contribution < -0.4 is 10.1 Å². The number of hydrogen-bond donors (Lipinski definition) is 1. The van der Waals surface area contributed by atoms with E-state index < -0.39 is 0 Å². The van der Waals surface area contributed by atoms with Crippen molar-refractivity contribution in [1.29, 1.82) is 0 Å². The summed E-state index contributed by atoms with van der Waals surface area (Å²) in [5, 5.41) is 2.80. The molecule has 0 bridgehead atoms. The molecular formula is C24H25N3O4. The largest absolute Gasteiger partial charge is 0.497 e. The van der Waals surface area contributed by atoms with Crippen LogP contribution in [0.1, 0.15) is 46.2 Å². The molecule has 0 saturated carbocycles. The van der Waals surface area contributed by atoms with E-state index in [4.69, 9.17) is 9.47 Å². The number of nitrogens with one attached hydrogen (secondary N) is 1. The molecule has 2 aromatic carbocycles. The van der Waals surface area contributed by atoms with Gasteiger partial charge in [-0.1, -0.05) is 13.3 Å². The lowest BCUT2D eigenvalue weighted by atomic mass is 10.1. The third-order valence-corrected chi connectivity index (χ3v) is 4.68. The third-order valence-electron chi connectivity index (χ3n) is 4.68. The molecule has 7 nitrogen and oxygen atoms in total. The van der Waals surface area contributed by atoms with Crippen LogP contribution in [0.5, 0.6) is 5.75 Å². The Hall–Kier alpha value is -3.74. The molecule has 1 aromatic heterocycles. The van der Waals surface area contributed by atoms with Gasteiger partial charge in [-0.25, -0.2) is 14.8 Å². The van der Waals surface area contributed by atoms with Gasteiger partial charge < -0.3 is 14.8 Å². The van der Waals surface area contributed by atoms with Crippen molar-refractivity contribution >= 4 is 17.6 Å². The van der Waals surface area contributed by atoms with Crippen molar-refractivity contribution in [2.24, 2.45) is 0 Å². The summed E-state index contributed by atoms with van der Waals surface area (Å²) in [6, 6.07) is 14.0. The van der Waals surface area contributed by atoms with Gasteiger partial charge in [0.25, 0.3) is 5.91 Å². The molecule has 1 amide bonds. The lowest BCUT2D eigenvalue weighted by Crippen LogP contribution is -2.15. The van der Waals surface area contributed by atoms with Gasteiger partial charge in [-0.15, -0.1) is 0 Å². The molecule has 31 heavy (non-hydrogen) atoms. The maximum absolute atomic E-state index is 12.7. The zero-order valence-electron chi connectivity index (χ0n) is 17.8. The number of amides is 1. The Morgan fingerprint density at radius 2 is 1.74 bits per heavy atom. The van der Waals surface area contributed by atoms with Gasteiger partial charge in [0.15, 0.2) is 5.82 Å². The van der Waals surface area contributed by atoms with Crippen LogP contribution in [0, 0.1) is 6.92 Å². The SMILES string of the molecule is CCCCOC(=O)c1ccc(NC(=O)c2cnc(-c3ccc(OC)cc3)nc2C)cc1. The predicted octanol–water partition coefficient (Wildman–Crippen LogP) is 4.67. The summed E-state index contributed by atoms with van der Waals surface area (Å²) in [5.74, 6) is 0.584. The first-order chi connectivity index (χ1) is 15.0. The topological polar surface area (TPSA) is 90.4 Å². The molecule has 160 valence electrons. The highest BCUT2D eigenvalue weighted by Crippen LogP contribution is 2.20. The third kappa shape index (κ3) is 5.66. The molecule has 0 radical (unpaired) electrons. The van der Waals surface area contributed by atoms with E-state index in [9.17, 15) is 9.59 Å². The van der Waals surface area contributed by atoms with Crippen LogP contribution in [0.4, 0.5) is 5.69 Å². The second-order valence-corrected chi connectivity index (χ2v) is 6.94. The molecule has 0 unspecified atom stereocenters. The molecule has 0 saturated heterocycles. The predicted molar refractivity (Wildman–Crippen MR) is 118 cm³/mol. The summed E-state index contributed by atoms with van der Waals surface area (Å²) in [4.78, 5) is 33.4. The number of carbonyl (C=O) groups excluding carboxylic acids is 2. The van der Waals surface area contributed by atoms with E-state index in [2.05, 4.69) is 15.3 Å². The zero-order valence-corrected chi connectivity index (χ0v) is 17.8. The number of anilines is 1. The van der Waals surface area contributed by atoms with Gasteiger partial charge in [0.1, 0.15) is 5.75 Å². The highest BCUT2D eigenvalue weighted by atomic mass is 16.5. The number of esters is 1. The number of rotatable bonds is 8. The minimum absolute atomic E-state index is 0.322. The van der Waals surface area contributed by atoms with Crippen LogP contribution in [0.25, 0.3) is 11.4 Å². The molecule has 0 aliphatic heterocycles. The van der Waals surface area contributed by atoms with Crippen molar-refractivity contribution in [3.8, 4) is 17.1 Å². The maximum Gasteiger partial charge on any atom is 0.338 e. The summed E-state index contributed by atoms with van der Waals surface area (Å²) in [6.07, 6.45) is 3.30. The number of benzene rings is 2.